The fourth-order valence-electron chi connectivity index (χ4n) is 3.35. The molecule has 0 spiro atoms. The number of nitrogens with zero attached hydrogens (tertiary/aromatic N) is 2. The van der Waals surface area contributed by atoms with E-state index < -0.39 is 74.1 Å². The molecule has 214 valence electrons. The number of esters is 1. The van der Waals surface area contributed by atoms with Gasteiger partial charge in [0.05, 0.1) is 18.9 Å². The van der Waals surface area contributed by atoms with Gasteiger partial charge in [-0.25, -0.2) is 18.9 Å². The largest absolute Gasteiger partial charge is 0.462 e. The van der Waals surface area contributed by atoms with Crippen molar-refractivity contribution < 1.29 is 46.9 Å². The SMILES string of the molecule is CC(C)OC(=O)[C@@H](C)N[P@](=O)(OC[C@H]1O[C@@H](Oc2ncc(Br)nc2C(N)=O)[C@](C)(F)[C@@H]1O)Oc1ccccc1. The molecule has 1 amide bonds. The number of carbonyl (C=O) groups is 2. The summed E-state index contributed by atoms with van der Waals surface area (Å²) in [4.78, 5) is 31.8. The zero-order valence-electron chi connectivity index (χ0n) is 21.4. The van der Waals surface area contributed by atoms with Crippen LogP contribution >= 0.6 is 23.7 Å². The van der Waals surface area contributed by atoms with E-state index >= 15 is 4.39 Å². The zero-order chi connectivity index (χ0) is 29.0. The summed E-state index contributed by atoms with van der Waals surface area (Å²) in [5, 5.41) is 13.1. The number of primary amides is 1. The van der Waals surface area contributed by atoms with Crippen molar-refractivity contribution in [3.63, 3.8) is 0 Å². The number of benzene rings is 1. The molecule has 3 rings (SSSR count). The number of hydrogen-bond acceptors (Lipinski definition) is 11. The summed E-state index contributed by atoms with van der Waals surface area (Å²) in [7, 11) is -4.32. The van der Waals surface area contributed by atoms with Gasteiger partial charge in [-0.2, -0.15) is 5.09 Å². The Hall–Kier alpha value is -2.68. The monoisotopic (exact) mass is 634 g/mol. The second-order valence-corrected chi connectivity index (χ2v) is 11.5. The third kappa shape index (κ3) is 7.93. The van der Waals surface area contributed by atoms with Crippen LogP contribution in [0.25, 0.3) is 0 Å². The van der Waals surface area contributed by atoms with Crippen LogP contribution in [0.5, 0.6) is 11.6 Å². The minimum absolute atomic E-state index is 0.148. The number of amides is 1. The minimum Gasteiger partial charge on any atom is -0.462 e. The van der Waals surface area contributed by atoms with Crippen LogP contribution in [-0.2, 0) is 23.4 Å². The van der Waals surface area contributed by atoms with Gasteiger partial charge in [0.2, 0.25) is 12.2 Å². The number of hydrogen-bond donors (Lipinski definition) is 3. The normalized spacial score (nSPS) is 25.1. The highest BCUT2D eigenvalue weighted by molar-refractivity contribution is 9.10. The molecule has 0 radical (unpaired) electrons. The summed E-state index contributed by atoms with van der Waals surface area (Å²) < 4.78 is 56.4. The standard InChI is InChI=1S/C23H29BrFN4O9P/c1-12(2)35-21(32)13(3)29-39(33,38-14-8-6-5-7-9-14)34-11-15-18(30)23(4,25)22(36-15)37-20-17(19(26)31)28-16(24)10-27-20/h5-10,12-13,15,18,22,30H,11H2,1-4H3,(H2,26,31)(H,29,33)/t13-,15-,18-,22+,23-,39+/m1/s1. The van der Waals surface area contributed by atoms with Crippen molar-refractivity contribution in [2.45, 2.75) is 64.0 Å². The molecule has 1 aliphatic rings. The smallest absolute Gasteiger partial charge is 0.459 e. The van der Waals surface area contributed by atoms with Crippen molar-refractivity contribution in [2.75, 3.05) is 6.61 Å². The van der Waals surface area contributed by atoms with E-state index in [4.69, 9.17) is 29.0 Å². The molecule has 1 aromatic carbocycles. The lowest BCUT2D eigenvalue weighted by molar-refractivity contribution is -0.149. The van der Waals surface area contributed by atoms with Gasteiger partial charge in [0.15, 0.2) is 11.4 Å². The Labute approximate surface area is 232 Å². The van der Waals surface area contributed by atoms with E-state index in [9.17, 15) is 19.3 Å². The third-order valence-corrected chi connectivity index (χ3v) is 7.31. The van der Waals surface area contributed by atoms with Crippen LogP contribution in [0, 0.1) is 0 Å². The second-order valence-electron chi connectivity index (χ2n) is 8.97. The van der Waals surface area contributed by atoms with E-state index in [1.807, 2.05) is 0 Å². The van der Waals surface area contributed by atoms with Crippen LogP contribution in [0.1, 0.15) is 38.2 Å². The fourth-order valence-corrected chi connectivity index (χ4v) is 5.13. The molecule has 6 atom stereocenters. The number of carbonyl (C=O) groups excluding carboxylic acids is 2. The molecule has 4 N–H and O–H groups in total. The van der Waals surface area contributed by atoms with Crippen LogP contribution in [0.15, 0.2) is 41.1 Å². The Morgan fingerprint density at radius 3 is 2.59 bits per heavy atom. The number of aliphatic hydroxyl groups is 1. The Morgan fingerprint density at radius 2 is 1.97 bits per heavy atom. The highest BCUT2D eigenvalue weighted by Gasteiger charge is 2.56. The second kappa shape index (κ2) is 12.7. The number of nitrogens with one attached hydrogen (secondary N) is 1. The molecular formula is C23H29BrFN4O9P. The summed E-state index contributed by atoms with van der Waals surface area (Å²) in [5.74, 6) is -1.98. The Kier molecular flexibility index (Phi) is 10.0. The molecule has 1 aliphatic heterocycles. The van der Waals surface area contributed by atoms with Gasteiger partial charge in [0, 0.05) is 0 Å². The third-order valence-electron chi connectivity index (χ3n) is 5.29. The molecule has 2 heterocycles. The number of aromatic nitrogens is 2. The first kappa shape index (κ1) is 30.9. The van der Waals surface area contributed by atoms with Crippen LogP contribution in [-0.4, -0.2) is 69.9 Å². The fraction of sp³-hybridized carbons (Fsp3) is 0.478. The van der Waals surface area contributed by atoms with Crippen molar-refractivity contribution in [1.82, 2.24) is 15.1 Å². The van der Waals surface area contributed by atoms with Gasteiger partial charge in [0.1, 0.15) is 28.6 Å². The zero-order valence-corrected chi connectivity index (χ0v) is 23.9. The van der Waals surface area contributed by atoms with Gasteiger partial charge < -0.3 is 29.6 Å². The summed E-state index contributed by atoms with van der Waals surface area (Å²) in [5.41, 5.74) is 2.36. The maximum absolute atomic E-state index is 15.5. The van der Waals surface area contributed by atoms with Crippen LogP contribution < -0.4 is 20.1 Å². The number of alkyl halides is 1. The van der Waals surface area contributed by atoms with E-state index in [0.717, 1.165) is 6.92 Å². The maximum atomic E-state index is 15.5. The molecule has 1 saturated heterocycles. The molecule has 16 heteroatoms. The molecule has 13 nitrogen and oxygen atoms in total. The van der Waals surface area contributed by atoms with Gasteiger partial charge in [-0.05, 0) is 55.8 Å². The molecule has 0 unspecified atom stereocenters. The average Bonchev–Trinajstić information content (AvgIpc) is 3.06. The predicted octanol–water partition coefficient (Wildman–Crippen LogP) is 2.66. The summed E-state index contributed by atoms with van der Waals surface area (Å²) in [6, 6.07) is 6.85. The maximum Gasteiger partial charge on any atom is 0.459 e. The number of halogens is 2. The quantitative estimate of drug-likeness (QED) is 0.230. The highest BCUT2D eigenvalue weighted by atomic mass is 79.9. The minimum atomic E-state index is -4.32. The Bertz CT molecular complexity index is 1220. The highest BCUT2D eigenvalue weighted by Crippen LogP contribution is 2.46. The number of ether oxygens (including phenoxy) is 3. The summed E-state index contributed by atoms with van der Waals surface area (Å²) in [6.07, 6.45) is -4.27. The molecule has 0 aliphatic carbocycles. The van der Waals surface area contributed by atoms with Crippen LogP contribution in [0.3, 0.4) is 0 Å². The van der Waals surface area contributed by atoms with E-state index in [1.54, 1.807) is 32.0 Å². The number of aliphatic hydroxyl groups excluding tert-OH is 1. The molecule has 39 heavy (non-hydrogen) atoms. The lowest BCUT2D eigenvalue weighted by Crippen LogP contribution is -2.44. The first-order chi connectivity index (χ1) is 18.2. The molecule has 0 bridgehead atoms. The number of rotatable bonds is 12. The number of para-hydroxylation sites is 1. The van der Waals surface area contributed by atoms with Crippen molar-refractivity contribution in [1.29, 1.82) is 0 Å². The molecule has 1 aromatic heterocycles. The Balaban J connectivity index is 1.77. The van der Waals surface area contributed by atoms with Crippen LogP contribution in [0.4, 0.5) is 4.39 Å². The van der Waals surface area contributed by atoms with Crippen molar-refractivity contribution >= 4 is 35.6 Å². The number of nitrogens with two attached hydrogens (primary N) is 1. The molecule has 0 saturated carbocycles. The van der Waals surface area contributed by atoms with E-state index in [1.165, 1.54) is 25.3 Å². The van der Waals surface area contributed by atoms with E-state index in [2.05, 4.69) is 31.0 Å². The van der Waals surface area contributed by atoms with Crippen molar-refractivity contribution in [3.05, 3.63) is 46.8 Å². The summed E-state index contributed by atoms with van der Waals surface area (Å²) >= 11 is 3.05. The molecule has 1 fully saturated rings. The lowest BCUT2D eigenvalue weighted by atomic mass is 10.00. The Morgan fingerprint density at radius 1 is 1.31 bits per heavy atom. The topological polar surface area (TPSA) is 181 Å². The van der Waals surface area contributed by atoms with Gasteiger partial charge in [-0.1, -0.05) is 18.2 Å². The van der Waals surface area contributed by atoms with E-state index in [-0.39, 0.29) is 10.4 Å². The lowest BCUT2D eigenvalue weighted by Gasteiger charge is -2.25. The molecular weight excluding hydrogens is 606 g/mol. The molecule has 2 aromatic rings. The first-order valence-corrected chi connectivity index (χ1v) is 14.0. The first-order valence-electron chi connectivity index (χ1n) is 11.7. The predicted molar refractivity (Wildman–Crippen MR) is 138 cm³/mol. The van der Waals surface area contributed by atoms with Gasteiger partial charge in [-0.3, -0.25) is 14.1 Å². The summed E-state index contributed by atoms with van der Waals surface area (Å²) in [6.45, 7) is 5.05. The van der Waals surface area contributed by atoms with Gasteiger partial charge >= 0.3 is 13.7 Å². The van der Waals surface area contributed by atoms with Crippen molar-refractivity contribution in [2.24, 2.45) is 5.73 Å². The van der Waals surface area contributed by atoms with Crippen molar-refractivity contribution in [3.8, 4) is 11.6 Å². The van der Waals surface area contributed by atoms with E-state index in [0.29, 0.717) is 0 Å². The van der Waals surface area contributed by atoms with Gasteiger partial charge in [0.25, 0.3) is 5.91 Å². The van der Waals surface area contributed by atoms with Gasteiger partial charge in [-0.15, -0.1) is 0 Å². The average molecular weight is 635 g/mol. The van der Waals surface area contributed by atoms with Crippen LogP contribution in [0.2, 0.25) is 0 Å².